The van der Waals surface area contributed by atoms with Gasteiger partial charge in [0.15, 0.2) is 11.5 Å². The minimum absolute atomic E-state index is 0.0711. The molecular weight excluding hydrogens is 388 g/mol. The lowest BCUT2D eigenvalue weighted by Gasteiger charge is -2.14. The van der Waals surface area contributed by atoms with Crippen LogP contribution >= 0.6 is 0 Å². The minimum Gasteiger partial charge on any atom is -0.490 e. The normalized spacial score (nSPS) is 10.9. The van der Waals surface area contributed by atoms with Crippen molar-refractivity contribution in [1.29, 1.82) is 0 Å². The van der Waals surface area contributed by atoms with E-state index >= 15 is 0 Å². The van der Waals surface area contributed by atoms with Crippen LogP contribution in [0.25, 0.3) is 0 Å². The van der Waals surface area contributed by atoms with Crippen molar-refractivity contribution in [3.63, 3.8) is 0 Å². The van der Waals surface area contributed by atoms with Crippen LogP contribution < -0.4 is 14.8 Å². The van der Waals surface area contributed by atoms with E-state index in [1.54, 1.807) is 13.8 Å². The van der Waals surface area contributed by atoms with Gasteiger partial charge in [0.2, 0.25) is 5.91 Å². The molecule has 30 heavy (non-hydrogen) atoms. The zero-order valence-corrected chi connectivity index (χ0v) is 18.4. The van der Waals surface area contributed by atoms with Crippen molar-refractivity contribution in [2.45, 2.75) is 54.5 Å². The number of nitro groups is 1. The topological polar surface area (TPSA) is 109 Å². The highest BCUT2D eigenvalue weighted by Crippen LogP contribution is 2.38. The van der Waals surface area contributed by atoms with E-state index in [0.29, 0.717) is 24.9 Å². The van der Waals surface area contributed by atoms with E-state index in [9.17, 15) is 14.9 Å². The van der Waals surface area contributed by atoms with Gasteiger partial charge in [0.05, 0.1) is 36.3 Å². The number of nitrogens with one attached hydrogen (secondary N) is 1. The average Bonchev–Trinajstić information content (AvgIpc) is 2.90. The predicted octanol–water partition coefficient (Wildman–Crippen LogP) is 4.04. The van der Waals surface area contributed by atoms with Crippen LogP contribution in [-0.4, -0.2) is 33.8 Å². The van der Waals surface area contributed by atoms with Crippen LogP contribution in [0.3, 0.4) is 0 Å². The highest BCUT2D eigenvalue weighted by Gasteiger charge is 2.23. The summed E-state index contributed by atoms with van der Waals surface area (Å²) in [5, 5.41) is 18.7. The van der Waals surface area contributed by atoms with E-state index in [4.69, 9.17) is 9.47 Å². The number of anilines is 1. The molecule has 0 aliphatic carbocycles. The van der Waals surface area contributed by atoms with Crippen LogP contribution in [0.2, 0.25) is 0 Å². The molecule has 2 aromatic rings. The van der Waals surface area contributed by atoms with Crippen LogP contribution in [0.4, 0.5) is 11.4 Å². The first kappa shape index (κ1) is 23.2. The average molecular weight is 418 g/mol. The molecule has 1 aromatic heterocycles. The summed E-state index contributed by atoms with van der Waals surface area (Å²) < 4.78 is 12.9. The van der Waals surface area contributed by atoms with Crippen molar-refractivity contribution < 1.29 is 19.2 Å². The number of aromatic nitrogens is 2. The number of aryl methyl sites for hydroxylation is 1. The number of carbonyl (C=O) groups is 1. The molecule has 164 valence electrons. The van der Waals surface area contributed by atoms with E-state index in [-0.39, 0.29) is 29.5 Å². The van der Waals surface area contributed by atoms with E-state index in [1.165, 1.54) is 12.1 Å². The summed E-state index contributed by atoms with van der Waals surface area (Å²) in [6.45, 7) is 13.0. The second-order valence-corrected chi connectivity index (χ2v) is 7.39. The first-order valence-electron chi connectivity index (χ1n) is 10.1. The second kappa shape index (κ2) is 10.1. The van der Waals surface area contributed by atoms with Gasteiger partial charge in [0.1, 0.15) is 5.69 Å². The summed E-state index contributed by atoms with van der Waals surface area (Å²) in [5.74, 6) is 0.677. The van der Waals surface area contributed by atoms with Crippen LogP contribution in [0.1, 0.15) is 44.6 Å². The molecule has 9 heteroatoms. The van der Waals surface area contributed by atoms with E-state index in [1.807, 2.05) is 18.5 Å². The Morgan fingerprint density at radius 1 is 1.20 bits per heavy atom. The SMILES string of the molecule is CCOc1cc(NC(=O)Cc2c(C)nn(CC(C)C)c2C)c([N+](=O)[O-])cc1OCC. The van der Waals surface area contributed by atoms with Crippen LogP contribution in [-0.2, 0) is 17.8 Å². The molecular formula is C21H30N4O5. The van der Waals surface area contributed by atoms with Gasteiger partial charge >= 0.3 is 0 Å². The molecule has 1 amide bonds. The molecule has 0 saturated carbocycles. The summed E-state index contributed by atoms with van der Waals surface area (Å²) in [6.07, 6.45) is 0.0735. The maximum atomic E-state index is 12.7. The van der Waals surface area contributed by atoms with Gasteiger partial charge in [-0.3, -0.25) is 19.6 Å². The molecule has 0 atom stereocenters. The molecule has 0 aliphatic rings. The molecule has 0 saturated heterocycles. The summed E-state index contributed by atoms with van der Waals surface area (Å²) >= 11 is 0. The van der Waals surface area contributed by atoms with Gasteiger partial charge in [-0.15, -0.1) is 0 Å². The third kappa shape index (κ3) is 5.49. The Labute approximate surface area is 176 Å². The zero-order chi connectivity index (χ0) is 22.4. The number of nitrogens with zero attached hydrogens (tertiary/aromatic N) is 3. The number of hydrogen-bond donors (Lipinski definition) is 1. The third-order valence-electron chi connectivity index (χ3n) is 4.54. The Bertz CT molecular complexity index is 921. The largest absolute Gasteiger partial charge is 0.490 e. The quantitative estimate of drug-likeness (QED) is 0.461. The zero-order valence-electron chi connectivity index (χ0n) is 18.4. The fourth-order valence-electron chi connectivity index (χ4n) is 3.21. The number of nitro benzene ring substituents is 1. The van der Waals surface area contributed by atoms with Gasteiger partial charge in [-0.2, -0.15) is 5.10 Å². The maximum absolute atomic E-state index is 12.7. The fraction of sp³-hybridized carbons (Fsp3) is 0.524. The molecule has 0 fully saturated rings. The smallest absolute Gasteiger partial charge is 0.296 e. The molecule has 1 aromatic carbocycles. The minimum atomic E-state index is -0.551. The van der Waals surface area contributed by atoms with Gasteiger partial charge in [-0.25, -0.2) is 0 Å². The number of benzene rings is 1. The van der Waals surface area contributed by atoms with Gasteiger partial charge < -0.3 is 14.8 Å². The Hall–Kier alpha value is -3.10. The highest BCUT2D eigenvalue weighted by molar-refractivity contribution is 5.95. The van der Waals surface area contributed by atoms with E-state index in [0.717, 1.165) is 23.5 Å². The first-order valence-corrected chi connectivity index (χ1v) is 10.1. The molecule has 0 unspecified atom stereocenters. The van der Waals surface area contributed by atoms with Crippen molar-refractivity contribution in [1.82, 2.24) is 9.78 Å². The second-order valence-electron chi connectivity index (χ2n) is 7.39. The lowest BCUT2D eigenvalue weighted by Crippen LogP contribution is -2.17. The molecule has 0 radical (unpaired) electrons. The number of amides is 1. The lowest BCUT2D eigenvalue weighted by molar-refractivity contribution is -0.384. The van der Waals surface area contributed by atoms with Crippen LogP contribution in [0, 0.1) is 29.9 Å². The molecule has 9 nitrogen and oxygen atoms in total. The van der Waals surface area contributed by atoms with Gasteiger partial charge in [-0.1, -0.05) is 13.8 Å². The molecule has 0 spiro atoms. The van der Waals surface area contributed by atoms with Gasteiger partial charge in [-0.05, 0) is 33.6 Å². The Morgan fingerprint density at radius 3 is 2.33 bits per heavy atom. The van der Waals surface area contributed by atoms with Gasteiger partial charge in [0, 0.05) is 23.9 Å². The Kier molecular flexibility index (Phi) is 7.79. The number of ether oxygens (including phenoxy) is 2. The van der Waals surface area contributed by atoms with Crippen molar-refractivity contribution in [3.8, 4) is 11.5 Å². The number of carbonyl (C=O) groups excluding carboxylic acids is 1. The highest BCUT2D eigenvalue weighted by atomic mass is 16.6. The van der Waals surface area contributed by atoms with Crippen molar-refractivity contribution in [3.05, 3.63) is 39.2 Å². The summed E-state index contributed by atoms with van der Waals surface area (Å²) in [7, 11) is 0. The summed E-state index contributed by atoms with van der Waals surface area (Å²) in [5.41, 5.74) is 2.35. The number of hydrogen-bond acceptors (Lipinski definition) is 6. The summed E-state index contributed by atoms with van der Waals surface area (Å²) in [4.78, 5) is 23.7. The molecule has 0 aliphatic heterocycles. The molecule has 2 rings (SSSR count). The van der Waals surface area contributed by atoms with E-state index in [2.05, 4.69) is 24.3 Å². The molecule has 1 heterocycles. The summed E-state index contributed by atoms with van der Waals surface area (Å²) in [6, 6.07) is 2.72. The Morgan fingerprint density at radius 2 is 1.80 bits per heavy atom. The third-order valence-corrected chi connectivity index (χ3v) is 4.54. The van der Waals surface area contributed by atoms with Gasteiger partial charge in [0.25, 0.3) is 5.69 Å². The predicted molar refractivity (Wildman–Crippen MR) is 114 cm³/mol. The van der Waals surface area contributed by atoms with Crippen LogP contribution in [0.5, 0.6) is 11.5 Å². The van der Waals surface area contributed by atoms with Crippen molar-refractivity contribution in [2.75, 3.05) is 18.5 Å². The fourth-order valence-corrected chi connectivity index (χ4v) is 3.21. The Balaban J connectivity index is 2.31. The number of rotatable bonds is 10. The molecule has 0 bridgehead atoms. The lowest BCUT2D eigenvalue weighted by atomic mass is 10.1. The van der Waals surface area contributed by atoms with Crippen LogP contribution in [0.15, 0.2) is 12.1 Å². The maximum Gasteiger partial charge on any atom is 0.296 e. The standard InChI is InChI=1S/C21H30N4O5/c1-7-29-19-10-17(18(25(27)28)11-20(19)30-8-2)22-21(26)9-16-14(5)23-24(15(16)6)12-13(3)4/h10-11,13H,7-9,12H2,1-6H3,(H,22,26). The van der Waals surface area contributed by atoms with Crippen molar-refractivity contribution in [2.24, 2.45) is 5.92 Å². The van der Waals surface area contributed by atoms with E-state index < -0.39 is 4.92 Å². The first-order chi connectivity index (χ1) is 14.2. The molecule has 1 N–H and O–H groups in total. The van der Waals surface area contributed by atoms with Crippen molar-refractivity contribution >= 4 is 17.3 Å². The monoisotopic (exact) mass is 418 g/mol.